The Kier molecular flexibility index (Phi) is 4.74. The van der Waals surface area contributed by atoms with Gasteiger partial charge in [-0.15, -0.1) is 11.3 Å². The molecule has 0 saturated heterocycles. The number of aromatic nitrogens is 1. The largest absolute Gasteiger partial charge is 0.497 e. The van der Waals surface area contributed by atoms with Crippen LogP contribution in [0.4, 0.5) is 5.13 Å². The quantitative estimate of drug-likeness (QED) is 0.850. The minimum atomic E-state index is 0.0789. The Labute approximate surface area is 123 Å². The van der Waals surface area contributed by atoms with Gasteiger partial charge < -0.3 is 4.74 Å². The van der Waals surface area contributed by atoms with Crippen molar-refractivity contribution in [1.29, 1.82) is 0 Å². The summed E-state index contributed by atoms with van der Waals surface area (Å²) in [4.78, 5) is 18.1. The number of ether oxygens (including phenoxy) is 1. The summed E-state index contributed by atoms with van der Waals surface area (Å²) in [6.07, 6.45) is 1.19. The van der Waals surface area contributed by atoms with Gasteiger partial charge in [0.05, 0.1) is 12.8 Å². The van der Waals surface area contributed by atoms with Crippen LogP contribution in [0, 0.1) is 6.92 Å². The molecular weight excluding hydrogens is 272 g/mol. The maximum atomic E-state index is 12.1. The first-order valence-corrected chi connectivity index (χ1v) is 7.29. The second-order valence-corrected chi connectivity index (χ2v) is 5.41. The Morgan fingerprint density at radius 1 is 1.35 bits per heavy atom. The van der Waals surface area contributed by atoms with Crippen LogP contribution in [0.25, 0.3) is 0 Å². The van der Waals surface area contributed by atoms with E-state index in [-0.39, 0.29) is 5.91 Å². The van der Waals surface area contributed by atoms with Gasteiger partial charge in [0.1, 0.15) is 5.75 Å². The fraction of sp³-hybridized carbons (Fsp3) is 0.333. The molecule has 0 bridgehead atoms. The number of benzene rings is 1. The maximum Gasteiger partial charge on any atom is 0.228 e. The predicted molar refractivity (Wildman–Crippen MR) is 81.6 cm³/mol. The molecule has 0 N–H and O–H groups in total. The number of thiazole rings is 1. The van der Waals surface area contributed by atoms with Gasteiger partial charge in [-0.2, -0.15) is 0 Å². The van der Waals surface area contributed by atoms with Crippen LogP contribution in [0.3, 0.4) is 0 Å². The fourth-order valence-corrected chi connectivity index (χ4v) is 2.60. The van der Waals surface area contributed by atoms with Gasteiger partial charge in [0.15, 0.2) is 5.13 Å². The molecule has 106 valence electrons. The van der Waals surface area contributed by atoms with Gasteiger partial charge in [-0.25, -0.2) is 4.98 Å². The lowest BCUT2D eigenvalue weighted by molar-refractivity contribution is -0.118. The smallest absolute Gasteiger partial charge is 0.228 e. The zero-order chi connectivity index (χ0) is 14.5. The number of hydrogen-bond donors (Lipinski definition) is 0. The van der Waals surface area contributed by atoms with Crippen molar-refractivity contribution in [3.05, 3.63) is 40.9 Å². The Balaban J connectivity index is 1.91. The molecule has 0 fully saturated rings. The molecule has 0 radical (unpaired) electrons. The van der Waals surface area contributed by atoms with E-state index in [2.05, 4.69) is 4.98 Å². The van der Waals surface area contributed by atoms with Crippen molar-refractivity contribution in [3.8, 4) is 5.75 Å². The van der Waals surface area contributed by atoms with Crippen LogP contribution in [-0.2, 0) is 11.2 Å². The van der Waals surface area contributed by atoms with Gasteiger partial charge in [0.25, 0.3) is 0 Å². The number of rotatable bonds is 5. The first kappa shape index (κ1) is 14.5. The molecule has 1 heterocycles. The number of carbonyl (C=O) groups is 1. The fourth-order valence-electron chi connectivity index (χ4n) is 1.81. The number of methoxy groups -OCH3 is 1. The zero-order valence-corrected chi connectivity index (χ0v) is 12.7. The average molecular weight is 290 g/mol. The summed E-state index contributed by atoms with van der Waals surface area (Å²) in [5.41, 5.74) is 2.07. The third-order valence-electron chi connectivity index (χ3n) is 3.05. The van der Waals surface area contributed by atoms with Crippen LogP contribution < -0.4 is 9.64 Å². The van der Waals surface area contributed by atoms with Crippen LogP contribution in [-0.4, -0.2) is 25.0 Å². The molecule has 1 aromatic heterocycles. The molecule has 2 rings (SSSR count). The number of nitrogens with zero attached hydrogens (tertiary/aromatic N) is 2. The van der Waals surface area contributed by atoms with Crippen molar-refractivity contribution in [1.82, 2.24) is 4.98 Å². The van der Waals surface area contributed by atoms with Crippen molar-refractivity contribution in [2.24, 2.45) is 0 Å². The van der Waals surface area contributed by atoms with E-state index < -0.39 is 0 Å². The Hall–Kier alpha value is -1.88. The van der Waals surface area contributed by atoms with E-state index in [1.165, 1.54) is 11.3 Å². The normalized spacial score (nSPS) is 10.3. The highest BCUT2D eigenvalue weighted by molar-refractivity contribution is 7.14. The number of aryl methyl sites for hydroxylation is 2. The Morgan fingerprint density at radius 2 is 2.05 bits per heavy atom. The number of anilines is 1. The third kappa shape index (κ3) is 3.57. The predicted octanol–water partition coefficient (Wildman–Crippen LogP) is 3.06. The van der Waals surface area contributed by atoms with Crippen LogP contribution in [0.5, 0.6) is 5.75 Å². The number of hydrogen-bond acceptors (Lipinski definition) is 4. The molecule has 20 heavy (non-hydrogen) atoms. The Morgan fingerprint density at radius 3 is 2.60 bits per heavy atom. The topological polar surface area (TPSA) is 42.4 Å². The standard InChI is InChI=1S/C15H18N2O2S/c1-11-10-20-15(16-11)17(2)14(18)9-6-12-4-7-13(19-3)8-5-12/h4-5,7-8,10H,6,9H2,1-3H3. The van der Waals surface area contributed by atoms with Crippen LogP contribution in [0.15, 0.2) is 29.6 Å². The average Bonchev–Trinajstić information content (AvgIpc) is 2.91. The van der Waals surface area contributed by atoms with E-state index in [0.717, 1.165) is 28.6 Å². The monoisotopic (exact) mass is 290 g/mol. The van der Waals surface area contributed by atoms with Gasteiger partial charge in [-0.05, 0) is 31.0 Å². The van der Waals surface area contributed by atoms with Crippen LogP contribution >= 0.6 is 11.3 Å². The summed E-state index contributed by atoms with van der Waals surface area (Å²) < 4.78 is 5.11. The number of carbonyl (C=O) groups excluding carboxylic acids is 1. The molecule has 0 aliphatic rings. The molecule has 4 nitrogen and oxygen atoms in total. The van der Waals surface area contributed by atoms with E-state index in [1.54, 1.807) is 19.1 Å². The molecule has 0 spiro atoms. The maximum absolute atomic E-state index is 12.1. The molecule has 5 heteroatoms. The molecule has 0 unspecified atom stereocenters. The zero-order valence-electron chi connectivity index (χ0n) is 11.9. The highest BCUT2D eigenvalue weighted by Crippen LogP contribution is 2.20. The molecule has 2 aromatic rings. The second kappa shape index (κ2) is 6.52. The van der Waals surface area contributed by atoms with Crippen LogP contribution in [0.1, 0.15) is 17.7 Å². The highest BCUT2D eigenvalue weighted by Gasteiger charge is 2.13. The van der Waals surface area contributed by atoms with Crippen molar-refractivity contribution < 1.29 is 9.53 Å². The van der Waals surface area contributed by atoms with Gasteiger partial charge >= 0.3 is 0 Å². The van der Waals surface area contributed by atoms with Gasteiger partial charge in [-0.1, -0.05) is 12.1 Å². The summed E-state index contributed by atoms with van der Waals surface area (Å²) >= 11 is 1.49. The SMILES string of the molecule is COc1ccc(CCC(=O)N(C)c2nc(C)cs2)cc1. The minimum Gasteiger partial charge on any atom is -0.497 e. The van der Waals surface area contributed by atoms with Crippen molar-refractivity contribution in [2.45, 2.75) is 19.8 Å². The van der Waals surface area contributed by atoms with E-state index in [9.17, 15) is 4.79 Å². The molecule has 1 amide bonds. The van der Waals surface area contributed by atoms with Gasteiger partial charge in [0, 0.05) is 18.8 Å². The highest BCUT2D eigenvalue weighted by atomic mass is 32.1. The first-order chi connectivity index (χ1) is 9.60. The lowest BCUT2D eigenvalue weighted by Crippen LogP contribution is -2.26. The molecular formula is C15H18N2O2S. The van der Waals surface area contributed by atoms with Crippen molar-refractivity contribution in [2.75, 3.05) is 19.1 Å². The van der Waals surface area contributed by atoms with E-state index in [4.69, 9.17) is 4.74 Å². The summed E-state index contributed by atoms with van der Waals surface area (Å²) in [6, 6.07) is 7.79. The lowest BCUT2D eigenvalue weighted by Gasteiger charge is -2.13. The Bertz CT molecular complexity index is 578. The van der Waals surface area contributed by atoms with Crippen LogP contribution in [0.2, 0.25) is 0 Å². The molecule has 0 aliphatic carbocycles. The third-order valence-corrected chi connectivity index (χ3v) is 4.09. The van der Waals surface area contributed by atoms with Crippen molar-refractivity contribution >= 4 is 22.4 Å². The summed E-state index contributed by atoms with van der Waals surface area (Å²) in [5.74, 6) is 0.908. The van der Waals surface area contributed by atoms with E-state index >= 15 is 0 Å². The second-order valence-electron chi connectivity index (χ2n) is 4.57. The van der Waals surface area contributed by atoms with E-state index in [1.807, 2.05) is 36.6 Å². The molecule has 1 aromatic carbocycles. The summed E-state index contributed by atoms with van der Waals surface area (Å²) in [5, 5.41) is 2.70. The van der Waals surface area contributed by atoms with Gasteiger partial charge in [0.2, 0.25) is 5.91 Å². The van der Waals surface area contributed by atoms with E-state index in [0.29, 0.717) is 6.42 Å². The molecule has 0 atom stereocenters. The molecule has 0 aliphatic heterocycles. The van der Waals surface area contributed by atoms with Gasteiger partial charge in [-0.3, -0.25) is 9.69 Å². The minimum absolute atomic E-state index is 0.0789. The summed E-state index contributed by atoms with van der Waals surface area (Å²) in [6.45, 7) is 1.93. The summed E-state index contributed by atoms with van der Waals surface area (Å²) in [7, 11) is 3.41. The number of amides is 1. The lowest BCUT2D eigenvalue weighted by atomic mass is 10.1. The van der Waals surface area contributed by atoms with Crippen molar-refractivity contribution in [3.63, 3.8) is 0 Å². The molecule has 0 saturated carbocycles. The first-order valence-electron chi connectivity index (χ1n) is 6.42.